The molecule has 0 saturated carbocycles. The van der Waals surface area contributed by atoms with Gasteiger partial charge in [0.1, 0.15) is 0 Å². The number of amides is 1. The molecule has 0 spiro atoms. The molecule has 60 valence electrons. The van der Waals surface area contributed by atoms with Gasteiger partial charge in [0.2, 0.25) is 5.91 Å². The Labute approximate surface area is 62.0 Å². The lowest BCUT2D eigenvalue weighted by atomic mass is 10.2. The van der Waals surface area contributed by atoms with E-state index in [1.807, 2.05) is 13.8 Å². The second-order valence-electron chi connectivity index (χ2n) is 2.42. The van der Waals surface area contributed by atoms with Crippen LogP contribution in [0.2, 0.25) is 0 Å². The molecular formula is C7H16N2O. The average Bonchev–Trinajstić information content (AvgIpc) is 1.88. The van der Waals surface area contributed by atoms with E-state index in [-0.39, 0.29) is 11.9 Å². The summed E-state index contributed by atoms with van der Waals surface area (Å²) in [6.07, 6.45) is 1.40. The molecule has 0 aliphatic rings. The van der Waals surface area contributed by atoms with Crippen molar-refractivity contribution in [3.63, 3.8) is 0 Å². The number of hydrogen-bond acceptors (Lipinski definition) is 2. The van der Waals surface area contributed by atoms with E-state index in [2.05, 4.69) is 5.32 Å². The maximum absolute atomic E-state index is 10.8. The lowest BCUT2D eigenvalue weighted by Gasteiger charge is -2.09. The Morgan fingerprint density at radius 3 is 2.70 bits per heavy atom. The Bertz CT molecular complexity index is 104. The topological polar surface area (TPSA) is 55.1 Å². The van der Waals surface area contributed by atoms with Gasteiger partial charge >= 0.3 is 0 Å². The highest BCUT2D eigenvalue weighted by Crippen LogP contribution is 1.87. The van der Waals surface area contributed by atoms with Gasteiger partial charge in [0.25, 0.3) is 0 Å². The lowest BCUT2D eigenvalue weighted by Crippen LogP contribution is -2.33. The third kappa shape index (κ3) is 4.32. The van der Waals surface area contributed by atoms with E-state index in [9.17, 15) is 4.79 Å². The van der Waals surface area contributed by atoms with Gasteiger partial charge in [-0.15, -0.1) is 0 Å². The summed E-state index contributed by atoms with van der Waals surface area (Å²) in [5.74, 6) is 0.0526. The van der Waals surface area contributed by atoms with Crippen molar-refractivity contribution in [3.05, 3.63) is 0 Å². The van der Waals surface area contributed by atoms with Crippen LogP contribution in [0.3, 0.4) is 0 Å². The van der Waals surface area contributed by atoms with Crippen LogP contribution in [0.4, 0.5) is 0 Å². The molecule has 3 N–H and O–H groups in total. The van der Waals surface area contributed by atoms with Crippen molar-refractivity contribution in [2.75, 3.05) is 6.54 Å². The van der Waals surface area contributed by atoms with E-state index < -0.39 is 0 Å². The Balaban J connectivity index is 3.37. The van der Waals surface area contributed by atoms with Crippen molar-refractivity contribution in [3.8, 4) is 0 Å². The fourth-order valence-corrected chi connectivity index (χ4v) is 0.580. The molecule has 0 aromatic rings. The molecule has 3 nitrogen and oxygen atoms in total. The van der Waals surface area contributed by atoms with Crippen molar-refractivity contribution in [2.45, 2.75) is 32.7 Å². The molecular weight excluding hydrogens is 128 g/mol. The van der Waals surface area contributed by atoms with Crippen LogP contribution in [0.15, 0.2) is 0 Å². The summed E-state index contributed by atoms with van der Waals surface area (Å²) in [5, 5.41) is 2.81. The Morgan fingerprint density at radius 1 is 1.70 bits per heavy atom. The fourth-order valence-electron chi connectivity index (χ4n) is 0.580. The van der Waals surface area contributed by atoms with Crippen LogP contribution < -0.4 is 11.1 Å². The first-order chi connectivity index (χ1) is 4.70. The SMILES string of the molecule is CC[C@@H](C)NC(=O)CCN. The van der Waals surface area contributed by atoms with Crippen LogP contribution in [0.25, 0.3) is 0 Å². The maximum atomic E-state index is 10.8. The molecule has 0 aromatic carbocycles. The van der Waals surface area contributed by atoms with Gasteiger partial charge in [0, 0.05) is 19.0 Å². The Kier molecular flexibility index (Phi) is 4.94. The van der Waals surface area contributed by atoms with Gasteiger partial charge < -0.3 is 11.1 Å². The van der Waals surface area contributed by atoms with Crippen LogP contribution >= 0.6 is 0 Å². The summed E-state index contributed by atoms with van der Waals surface area (Å²) in [6.45, 7) is 4.45. The zero-order valence-corrected chi connectivity index (χ0v) is 6.68. The lowest BCUT2D eigenvalue weighted by molar-refractivity contribution is -0.121. The standard InChI is InChI=1S/C7H16N2O/c1-3-6(2)9-7(10)4-5-8/h6H,3-5,8H2,1-2H3,(H,9,10)/t6-/m1/s1. The van der Waals surface area contributed by atoms with Gasteiger partial charge in [-0.2, -0.15) is 0 Å². The molecule has 10 heavy (non-hydrogen) atoms. The fraction of sp³-hybridized carbons (Fsp3) is 0.857. The number of carbonyl (C=O) groups excluding carboxylic acids is 1. The van der Waals surface area contributed by atoms with Crippen LogP contribution in [0.1, 0.15) is 26.7 Å². The maximum Gasteiger partial charge on any atom is 0.221 e. The zero-order valence-electron chi connectivity index (χ0n) is 6.68. The summed E-state index contributed by atoms with van der Waals surface area (Å²) in [5.41, 5.74) is 5.19. The van der Waals surface area contributed by atoms with Crippen LogP contribution in [0, 0.1) is 0 Å². The van der Waals surface area contributed by atoms with E-state index in [1.54, 1.807) is 0 Å². The predicted molar refractivity (Wildman–Crippen MR) is 41.6 cm³/mol. The molecule has 0 aliphatic carbocycles. The minimum Gasteiger partial charge on any atom is -0.354 e. The van der Waals surface area contributed by atoms with Gasteiger partial charge in [-0.1, -0.05) is 6.92 Å². The van der Waals surface area contributed by atoms with Crippen molar-refractivity contribution in [1.82, 2.24) is 5.32 Å². The molecule has 0 radical (unpaired) electrons. The first kappa shape index (κ1) is 9.43. The normalized spacial score (nSPS) is 12.7. The average molecular weight is 144 g/mol. The largest absolute Gasteiger partial charge is 0.354 e. The number of hydrogen-bond donors (Lipinski definition) is 2. The molecule has 1 amide bonds. The van der Waals surface area contributed by atoms with E-state index in [0.717, 1.165) is 6.42 Å². The minimum atomic E-state index is 0.0526. The van der Waals surface area contributed by atoms with Crippen molar-refractivity contribution >= 4 is 5.91 Å². The summed E-state index contributed by atoms with van der Waals surface area (Å²) >= 11 is 0. The second-order valence-corrected chi connectivity index (χ2v) is 2.42. The predicted octanol–water partition coefficient (Wildman–Crippen LogP) is 0.250. The van der Waals surface area contributed by atoms with Crippen molar-refractivity contribution in [1.29, 1.82) is 0 Å². The number of nitrogens with two attached hydrogens (primary N) is 1. The summed E-state index contributed by atoms with van der Waals surface area (Å²) in [7, 11) is 0. The summed E-state index contributed by atoms with van der Waals surface area (Å²) in [6, 6.07) is 0.277. The van der Waals surface area contributed by atoms with E-state index in [4.69, 9.17) is 5.73 Å². The third-order valence-electron chi connectivity index (χ3n) is 1.39. The molecule has 0 fully saturated rings. The van der Waals surface area contributed by atoms with Gasteiger partial charge in [0.15, 0.2) is 0 Å². The number of nitrogens with one attached hydrogen (secondary N) is 1. The molecule has 0 aromatic heterocycles. The highest BCUT2D eigenvalue weighted by Gasteiger charge is 2.02. The molecule has 0 saturated heterocycles. The zero-order chi connectivity index (χ0) is 7.98. The monoisotopic (exact) mass is 144 g/mol. The van der Waals surface area contributed by atoms with Crippen molar-refractivity contribution in [2.24, 2.45) is 5.73 Å². The quantitative estimate of drug-likeness (QED) is 0.594. The smallest absolute Gasteiger partial charge is 0.221 e. The van der Waals surface area contributed by atoms with Crippen molar-refractivity contribution < 1.29 is 4.79 Å². The van der Waals surface area contributed by atoms with Crippen LogP contribution in [-0.2, 0) is 4.79 Å². The summed E-state index contributed by atoms with van der Waals surface area (Å²) < 4.78 is 0. The van der Waals surface area contributed by atoms with Gasteiger partial charge in [0.05, 0.1) is 0 Å². The first-order valence-corrected chi connectivity index (χ1v) is 3.70. The van der Waals surface area contributed by atoms with Gasteiger partial charge in [-0.25, -0.2) is 0 Å². The molecule has 0 aliphatic heterocycles. The van der Waals surface area contributed by atoms with Gasteiger partial charge in [-0.05, 0) is 13.3 Å². The highest BCUT2D eigenvalue weighted by molar-refractivity contribution is 5.76. The molecule has 3 heteroatoms. The molecule has 0 heterocycles. The molecule has 0 bridgehead atoms. The molecule has 0 unspecified atom stereocenters. The second kappa shape index (κ2) is 5.23. The van der Waals surface area contributed by atoms with E-state index in [1.165, 1.54) is 0 Å². The Hall–Kier alpha value is -0.570. The third-order valence-corrected chi connectivity index (χ3v) is 1.39. The van der Waals surface area contributed by atoms with E-state index in [0.29, 0.717) is 13.0 Å². The Morgan fingerprint density at radius 2 is 2.30 bits per heavy atom. The molecule has 0 rings (SSSR count). The summed E-state index contributed by atoms with van der Waals surface area (Å²) in [4.78, 5) is 10.8. The van der Waals surface area contributed by atoms with Crippen LogP contribution in [-0.4, -0.2) is 18.5 Å². The molecule has 1 atom stereocenters. The number of carbonyl (C=O) groups is 1. The van der Waals surface area contributed by atoms with Crippen LogP contribution in [0.5, 0.6) is 0 Å². The van der Waals surface area contributed by atoms with E-state index >= 15 is 0 Å². The number of rotatable bonds is 4. The first-order valence-electron chi connectivity index (χ1n) is 3.70. The van der Waals surface area contributed by atoms with Gasteiger partial charge in [-0.3, -0.25) is 4.79 Å². The highest BCUT2D eigenvalue weighted by atomic mass is 16.1. The minimum absolute atomic E-state index is 0.0526.